The van der Waals surface area contributed by atoms with Gasteiger partial charge in [0.2, 0.25) is 5.91 Å². The van der Waals surface area contributed by atoms with E-state index in [4.69, 9.17) is 4.74 Å². The number of carbonyl (C=O) groups excluding carboxylic acids is 2. The van der Waals surface area contributed by atoms with Crippen LogP contribution in [0.4, 0.5) is 4.79 Å². The highest BCUT2D eigenvalue weighted by molar-refractivity contribution is 5.93. The van der Waals surface area contributed by atoms with Gasteiger partial charge in [-0.2, -0.15) is 0 Å². The molecule has 0 unspecified atom stereocenters. The number of nitrogens with zero attached hydrogens (tertiary/aromatic N) is 1. The Morgan fingerprint density at radius 3 is 2.48 bits per heavy atom. The van der Waals surface area contributed by atoms with E-state index < -0.39 is 6.09 Å². The van der Waals surface area contributed by atoms with Crippen LogP contribution in [0.2, 0.25) is 0 Å². The molecule has 2 atom stereocenters. The molecule has 0 spiro atoms. The minimum atomic E-state index is -0.523. The number of imide groups is 1. The molecule has 0 aliphatic carbocycles. The lowest BCUT2D eigenvalue weighted by Gasteiger charge is -2.25. The van der Waals surface area contributed by atoms with Crippen molar-refractivity contribution in [2.24, 2.45) is 5.41 Å². The lowest BCUT2D eigenvalue weighted by molar-refractivity contribution is -0.129. The van der Waals surface area contributed by atoms with Crippen LogP contribution < -0.4 is 0 Å². The van der Waals surface area contributed by atoms with Gasteiger partial charge in [0.25, 0.3) is 0 Å². The molecule has 0 N–H and O–H groups in total. The Bertz CT molecular complexity index is 553. The van der Waals surface area contributed by atoms with Gasteiger partial charge in [-0.15, -0.1) is 0 Å². The number of cyclic esters (lactones) is 1. The van der Waals surface area contributed by atoms with E-state index in [1.807, 2.05) is 37.3 Å². The van der Waals surface area contributed by atoms with Crippen LogP contribution in [0.25, 0.3) is 0 Å². The van der Waals surface area contributed by atoms with Gasteiger partial charge in [0.1, 0.15) is 6.10 Å². The van der Waals surface area contributed by atoms with Crippen LogP contribution in [0.1, 0.15) is 65.0 Å². The number of hydrogen-bond donors (Lipinski definition) is 0. The second kappa shape index (κ2) is 7.16. The molecule has 0 radical (unpaired) electrons. The van der Waals surface area contributed by atoms with Crippen molar-refractivity contribution in [1.29, 1.82) is 0 Å². The quantitative estimate of drug-likeness (QED) is 0.764. The molecule has 2 amide bonds. The maximum Gasteiger partial charge on any atom is 0.417 e. The highest BCUT2D eigenvalue weighted by Gasteiger charge is 2.43. The molecule has 1 fully saturated rings. The first-order chi connectivity index (χ1) is 10.9. The molecule has 1 saturated heterocycles. The van der Waals surface area contributed by atoms with E-state index >= 15 is 0 Å². The summed E-state index contributed by atoms with van der Waals surface area (Å²) in [5.74, 6) is -0.134. The Morgan fingerprint density at radius 2 is 1.87 bits per heavy atom. The van der Waals surface area contributed by atoms with Crippen molar-refractivity contribution < 1.29 is 14.3 Å². The summed E-state index contributed by atoms with van der Waals surface area (Å²) in [5, 5.41) is 0. The van der Waals surface area contributed by atoms with E-state index in [1.54, 1.807) is 0 Å². The van der Waals surface area contributed by atoms with Crippen molar-refractivity contribution >= 4 is 12.0 Å². The predicted octanol–water partition coefficient (Wildman–Crippen LogP) is 4.70. The molecular formula is C19H27NO3. The number of carbonyl (C=O) groups is 2. The van der Waals surface area contributed by atoms with Crippen LogP contribution in [0, 0.1) is 5.41 Å². The SMILES string of the molecule is CCCC(C)(C)CCC(=O)N1C(=O)O[C@H](c2ccccc2)[C@@H]1C. The molecular weight excluding hydrogens is 290 g/mol. The lowest BCUT2D eigenvalue weighted by Crippen LogP contribution is -2.38. The largest absolute Gasteiger partial charge is 0.439 e. The van der Waals surface area contributed by atoms with Gasteiger partial charge in [0, 0.05) is 6.42 Å². The van der Waals surface area contributed by atoms with Gasteiger partial charge >= 0.3 is 6.09 Å². The second-order valence-electron chi connectivity index (χ2n) is 7.13. The molecule has 0 aromatic heterocycles. The van der Waals surface area contributed by atoms with Crippen molar-refractivity contribution in [2.45, 2.75) is 65.5 Å². The number of amides is 2. The van der Waals surface area contributed by atoms with E-state index in [0.717, 1.165) is 24.8 Å². The van der Waals surface area contributed by atoms with Crippen LogP contribution in [-0.2, 0) is 9.53 Å². The second-order valence-corrected chi connectivity index (χ2v) is 7.13. The number of hydrogen-bond acceptors (Lipinski definition) is 3. The minimum absolute atomic E-state index is 0.121. The Labute approximate surface area is 138 Å². The Hall–Kier alpha value is -1.84. The van der Waals surface area contributed by atoms with E-state index in [9.17, 15) is 9.59 Å². The third kappa shape index (κ3) is 4.12. The molecule has 126 valence electrons. The van der Waals surface area contributed by atoms with Gasteiger partial charge < -0.3 is 4.74 Å². The summed E-state index contributed by atoms with van der Waals surface area (Å²) >= 11 is 0. The Morgan fingerprint density at radius 1 is 1.22 bits per heavy atom. The van der Waals surface area contributed by atoms with E-state index in [-0.39, 0.29) is 23.5 Å². The zero-order valence-corrected chi connectivity index (χ0v) is 14.5. The summed E-state index contributed by atoms with van der Waals surface area (Å²) in [5.41, 5.74) is 1.05. The average molecular weight is 317 g/mol. The Kier molecular flexibility index (Phi) is 5.45. The van der Waals surface area contributed by atoms with Crippen molar-refractivity contribution in [3.05, 3.63) is 35.9 Å². The molecule has 0 bridgehead atoms. The fraction of sp³-hybridized carbons (Fsp3) is 0.579. The average Bonchev–Trinajstić information content (AvgIpc) is 2.81. The standard InChI is InChI=1S/C19H27NO3/c1-5-12-19(3,4)13-11-16(21)20-14(2)17(23-18(20)22)15-9-7-6-8-10-15/h6-10,14,17H,5,11-13H2,1-4H3/t14-,17-/m0/s1. The third-order valence-corrected chi connectivity index (χ3v) is 4.61. The number of rotatable bonds is 6. The van der Waals surface area contributed by atoms with Gasteiger partial charge in [0.15, 0.2) is 0 Å². The van der Waals surface area contributed by atoms with Crippen LogP contribution in [-0.4, -0.2) is 22.9 Å². The zero-order valence-electron chi connectivity index (χ0n) is 14.5. The van der Waals surface area contributed by atoms with Gasteiger partial charge in [-0.1, -0.05) is 57.5 Å². The predicted molar refractivity (Wildman–Crippen MR) is 89.9 cm³/mol. The van der Waals surface area contributed by atoms with Crippen LogP contribution in [0.15, 0.2) is 30.3 Å². The smallest absolute Gasteiger partial charge is 0.417 e. The summed E-state index contributed by atoms with van der Waals surface area (Å²) in [4.78, 5) is 26.0. The van der Waals surface area contributed by atoms with Crippen molar-refractivity contribution in [3.8, 4) is 0 Å². The van der Waals surface area contributed by atoms with Gasteiger partial charge in [-0.25, -0.2) is 9.69 Å². The van der Waals surface area contributed by atoms with Crippen LogP contribution >= 0.6 is 0 Å². The molecule has 4 heteroatoms. The summed E-state index contributed by atoms with van der Waals surface area (Å²) in [6.45, 7) is 8.36. The monoisotopic (exact) mass is 317 g/mol. The summed E-state index contributed by atoms with van der Waals surface area (Å²) < 4.78 is 5.44. The van der Waals surface area contributed by atoms with E-state index in [1.165, 1.54) is 4.90 Å². The molecule has 1 aromatic rings. The topological polar surface area (TPSA) is 46.6 Å². The molecule has 2 rings (SSSR count). The molecule has 1 aliphatic heterocycles. The third-order valence-electron chi connectivity index (χ3n) is 4.61. The molecule has 1 heterocycles. The summed E-state index contributed by atoms with van der Waals surface area (Å²) in [6.07, 6.45) is 2.44. The lowest BCUT2D eigenvalue weighted by atomic mass is 9.83. The van der Waals surface area contributed by atoms with Crippen molar-refractivity contribution in [2.75, 3.05) is 0 Å². The minimum Gasteiger partial charge on any atom is -0.439 e. The highest BCUT2D eigenvalue weighted by atomic mass is 16.6. The maximum absolute atomic E-state index is 12.5. The van der Waals surface area contributed by atoms with Gasteiger partial charge in [0.05, 0.1) is 6.04 Å². The fourth-order valence-corrected chi connectivity index (χ4v) is 3.25. The van der Waals surface area contributed by atoms with Crippen LogP contribution in [0.3, 0.4) is 0 Å². The normalized spacial score (nSPS) is 21.4. The first-order valence-corrected chi connectivity index (χ1v) is 8.43. The highest BCUT2D eigenvalue weighted by Crippen LogP contribution is 2.34. The summed E-state index contributed by atoms with van der Waals surface area (Å²) in [6, 6.07) is 9.32. The molecule has 4 nitrogen and oxygen atoms in total. The molecule has 1 aromatic carbocycles. The van der Waals surface area contributed by atoms with E-state index in [0.29, 0.717) is 6.42 Å². The van der Waals surface area contributed by atoms with Gasteiger partial charge in [-0.3, -0.25) is 4.79 Å². The van der Waals surface area contributed by atoms with Gasteiger partial charge in [-0.05, 0) is 30.7 Å². The Balaban J connectivity index is 2.02. The number of ether oxygens (including phenoxy) is 1. The first-order valence-electron chi connectivity index (χ1n) is 8.43. The van der Waals surface area contributed by atoms with Crippen molar-refractivity contribution in [3.63, 3.8) is 0 Å². The fourth-order valence-electron chi connectivity index (χ4n) is 3.25. The molecule has 1 aliphatic rings. The maximum atomic E-state index is 12.5. The van der Waals surface area contributed by atoms with E-state index in [2.05, 4.69) is 20.8 Å². The zero-order chi connectivity index (χ0) is 17.0. The first kappa shape index (κ1) is 17.5. The molecule has 23 heavy (non-hydrogen) atoms. The molecule has 0 saturated carbocycles. The van der Waals surface area contributed by atoms with Crippen molar-refractivity contribution in [1.82, 2.24) is 4.90 Å². The summed E-state index contributed by atoms with van der Waals surface area (Å²) in [7, 11) is 0. The number of benzene rings is 1. The van der Waals surface area contributed by atoms with Crippen LogP contribution in [0.5, 0.6) is 0 Å².